The van der Waals surface area contributed by atoms with Crippen molar-refractivity contribution in [1.82, 2.24) is 4.90 Å². The molecule has 29 heavy (non-hydrogen) atoms. The lowest BCUT2D eigenvalue weighted by atomic mass is 9.97. The molecule has 0 bridgehead atoms. The van der Waals surface area contributed by atoms with Gasteiger partial charge in [-0.25, -0.2) is 12.8 Å². The van der Waals surface area contributed by atoms with Crippen molar-refractivity contribution < 1.29 is 12.8 Å². The fourth-order valence-corrected chi connectivity index (χ4v) is 6.50. The van der Waals surface area contributed by atoms with Crippen LogP contribution in [0.15, 0.2) is 83.8 Å². The Hall–Kier alpha value is -1.77. The molecule has 0 saturated carbocycles. The van der Waals surface area contributed by atoms with Gasteiger partial charge in [-0.3, -0.25) is 4.90 Å². The van der Waals surface area contributed by atoms with Gasteiger partial charge in [-0.05, 0) is 76.5 Å². The van der Waals surface area contributed by atoms with Crippen molar-refractivity contribution in [2.45, 2.75) is 22.6 Å². The summed E-state index contributed by atoms with van der Waals surface area (Å²) in [5, 5.41) is 0. The molecule has 0 radical (unpaired) electrons. The Morgan fingerprint density at radius 2 is 1.59 bits per heavy atom. The molecule has 4 rings (SSSR count). The Kier molecular flexibility index (Phi) is 5.77. The lowest BCUT2D eigenvalue weighted by molar-refractivity contribution is 0.320. The number of sulfone groups is 1. The van der Waals surface area contributed by atoms with Crippen LogP contribution < -0.4 is 0 Å². The summed E-state index contributed by atoms with van der Waals surface area (Å²) in [6.07, 6.45) is 0.500. The van der Waals surface area contributed by atoms with Crippen LogP contribution in [0.5, 0.6) is 0 Å². The number of hydrogen-bond donors (Lipinski definition) is 0. The molecule has 6 heteroatoms. The van der Waals surface area contributed by atoms with E-state index in [1.807, 2.05) is 42.5 Å². The van der Waals surface area contributed by atoms with Crippen molar-refractivity contribution in [2.75, 3.05) is 13.1 Å². The van der Waals surface area contributed by atoms with Crippen LogP contribution in [-0.2, 0) is 21.1 Å². The third kappa shape index (κ3) is 3.98. The maximum Gasteiger partial charge on any atom is 0.189 e. The van der Waals surface area contributed by atoms with E-state index in [9.17, 15) is 12.8 Å². The second-order valence-corrected chi connectivity index (χ2v) is 10.9. The van der Waals surface area contributed by atoms with E-state index in [1.165, 1.54) is 24.3 Å². The molecule has 3 aromatic carbocycles. The van der Waals surface area contributed by atoms with Crippen molar-refractivity contribution in [3.8, 4) is 0 Å². The Labute approximate surface area is 184 Å². The Morgan fingerprint density at radius 3 is 2.24 bits per heavy atom. The van der Waals surface area contributed by atoms with Crippen LogP contribution >= 0.6 is 22.6 Å². The van der Waals surface area contributed by atoms with Crippen molar-refractivity contribution in [3.05, 3.63) is 99.4 Å². The summed E-state index contributed by atoms with van der Waals surface area (Å²) in [5.41, 5.74) is 1.95. The summed E-state index contributed by atoms with van der Waals surface area (Å²) < 4.78 is 41.0. The third-order valence-electron chi connectivity index (χ3n) is 5.57. The Bertz CT molecular complexity index is 1090. The van der Waals surface area contributed by atoms with Gasteiger partial charge in [0.2, 0.25) is 0 Å². The van der Waals surface area contributed by atoms with Gasteiger partial charge in [-0.1, -0.05) is 42.5 Å². The molecule has 3 aromatic rings. The van der Waals surface area contributed by atoms with Gasteiger partial charge in [0.15, 0.2) is 9.84 Å². The molecule has 1 unspecified atom stereocenters. The zero-order chi connectivity index (χ0) is 20.5. The van der Waals surface area contributed by atoms with Crippen LogP contribution in [0.4, 0.5) is 4.39 Å². The standard InChI is InChI=1S/C23H21FINO2S/c24-20-8-12-22(13-9-20)29(27,28)23(19-6-10-21(25)11-7-19)14-15-26(17-23)16-18-4-2-1-3-5-18/h1-13H,14-17H2. The van der Waals surface area contributed by atoms with E-state index in [0.717, 1.165) is 14.7 Å². The summed E-state index contributed by atoms with van der Waals surface area (Å²) >= 11 is 2.22. The van der Waals surface area contributed by atoms with E-state index in [-0.39, 0.29) is 4.90 Å². The molecule has 0 amide bonds. The number of nitrogens with zero attached hydrogens (tertiary/aromatic N) is 1. The molecule has 150 valence electrons. The predicted octanol–water partition coefficient (Wildman–Crippen LogP) is 5.01. The minimum Gasteiger partial charge on any atom is -0.297 e. The van der Waals surface area contributed by atoms with Crippen LogP contribution in [-0.4, -0.2) is 26.4 Å². The Morgan fingerprint density at radius 1 is 0.931 bits per heavy atom. The number of benzene rings is 3. The molecule has 1 aliphatic heterocycles. The largest absolute Gasteiger partial charge is 0.297 e. The molecule has 0 aromatic heterocycles. The van der Waals surface area contributed by atoms with Gasteiger partial charge in [-0.2, -0.15) is 0 Å². The molecule has 0 spiro atoms. The Balaban J connectivity index is 1.75. The van der Waals surface area contributed by atoms with Gasteiger partial charge in [-0.15, -0.1) is 0 Å². The highest BCUT2D eigenvalue weighted by molar-refractivity contribution is 14.1. The maximum atomic E-state index is 13.8. The first kappa shape index (κ1) is 20.5. The highest BCUT2D eigenvalue weighted by Crippen LogP contribution is 2.43. The molecule has 0 N–H and O–H groups in total. The van der Waals surface area contributed by atoms with Gasteiger partial charge in [0, 0.05) is 23.2 Å². The fraction of sp³-hybridized carbons (Fsp3) is 0.217. The molecule has 1 fully saturated rings. The van der Waals surface area contributed by atoms with Crippen molar-refractivity contribution >= 4 is 32.4 Å². The number of rotatable bonds is 5. The topological polar surface area (TPSA) is 37.4 Å². The SMILES string of the molecule is O=S(=O)(c1ccc(F)cc1)C1(c2ccc(I)cc2)CCN(Cc2ccccc2)C1. The van der Waals surface area contributed by atoms with Gasteiger partial charge in [0.1, 0.15) is 10.6 Å². The zero-order valence-electron chi connectivity index (χ0n) is 15.8. The van der Waals surface area contributed by atoms with E-state index >= 15 is 0 Å². The van der Waals surface area contributed by atoms with Gasteiger partial charge >= 0.3 is 0 Å². The summed E-state index contributed by atoms with van der Waals surface area (Å²) in [6, 6.07) is 23.0. The monoisotopic (exact) mass is 521 g/mol. The maximum absolute atomic E-state index is 13.8. The fourth-order valence-electron chi connectivity index (χ4n) is 4.04. The average molecular weight is 521 g/mol. The van der Waals surface area contributed by atoms with Gasteiger partial charge < -0.3 is 0 Å². The van der Waals surface area contributed by atoms with Crippen LogP contribution in [0.1, 0.15) is 17.5 Å². The second-order valence-electron chi connectivity index (χ2n) is 7.40. The normalized spacial score (nSPS) is 20.1. The van der Waals surface area contributed by atoms with E-state index in [1.54, 1.807) is 0 Å². The van der Waals surface area contributed by atoms with Gasteiger partial charge in [0.05, 0.1) is 4.90 Å². The van der Waals surface area contributed by atoms with E-state index in [4.69, 9.17) is 0 Å². The predicted molar refractivity (Wildman–Crippen MR) is 121 cm³/mol. The van der Waals surface area contributed by atoms with Crippen molar-refractivity contribution in [2.24, 2.45) is 0 Å². The number of hydrogen-bond acceptors (Lipinski definition) is 3. The van der Waals surface area contributed by atoms with E-state index in [0.29, 0.717) is 26.1 Å². The number of halogens is 2. The smallest absolute Gasteiger partial charge is 0.189 e. The molecular weight excluding hydrogens is 500 g/mol. The quantitative estimate of drug-likeness (QED) is 0.350. The highest BCUT2D eigenvalue weighted by atomic mass is 127. The minimum absolute atomic E-state index is 0.166. The average Bonchev–Trinajstić information content (AvgIpc) is 3.15. The van der Waals surface area contributed by atoms with Crippen molar-refractivity contribution in [1.29, 1.82) is 0 Å². The second kappa shape index (κ2) is 8.16. The summed E-state index contributed by atoms with van der Waals surface area (Å²) in [4.78, 5) is 2.35. The zero-order valence-corrected chi connectivity index (χ0v) is 18.7. The number of likely N-dealkylation sites (tertiary alicyclic amines) is 1. The highest BCUT2D eigenvalue weighted by Gasteiger charge is 2.50. The van der Waals surface area contributed by atoms with Crippen LogP contribution in [0.3, 0.4) is 0 Å². The van der Waals surface area contributed by atoms with Gasteiger partial charge in [0.25, 0.3) is 0 Å². The first-order valence-corrected chi connectivity index (χ1v) is 12.0. The molecule has 3 nitrogen and oxygen atoms in total. The summed E-state index contributed by atoms with van der Waals surface area (Å²) in [7, 11) is -3.72. The van der Waals surface area contributed by atoms with Crippen LogP contribution in [0, 0.1) is 9.39 Å². The van der Waals surface area contributed by atoms with E-state index in [2.05, 4.69) is 39.6 Å². The molecule has 0 aliphatic carbocycles. The molecule has 1 aliphatic rings. The molecular formula is C23H21FINO2S. The molecule has 1 atom stereocenters. The summed E-state index contributed by atoms with van der Waals surface area (Å²) in [5.74, 6) is -0.440. The van der Waals surface area contributed by atoms with Crippen LogP contribution in [0.25, 0.3) is 0 Å². The minimum atomic E-state index is -3.72. The van der Waals surface area contributed by atoms with Crippen LogP contribution in [0.2, 0.25) is 0 Å². The van der Waals surface area contributed by atoms with E-state index < -0.39 is 20.4 Å². The third-order valence-corrected chi connectivity index (χ3v) is 8.78. The first-order valence-electron chi connectivity index (χ1n) is 9.43. The van der Waals surface area contributed by atoms with Crippen molar-refractivity contribution in [3.63, 3.8) is 0 Å². The molecule has 1 saturated heterocycles. The molecule has 1 heterocycles. The first-order chi connectivity index (χ1) is 13.9. The lowest BCUT2D eigenvalue weighted by Crippen LogP contribution is -2.39. The summed E-state index contributed by atoms with van der Waals surface area (Å²) in [6.45, 7) is 1.79. The lowest BCUT2D eigenvalue weighted by Gasteiger charge is -2.30.